The predicted octanol–water partition coefficient (Wildman–Crippen LogP) is 1.54. The van der Waals surface area contributed by atoms with Crippen LogP contribution in [0.2, 0.25) is 0 Å². The van der Waals surface area contributed by atoms with Crippen LogP contribution in [0.25, 0.3) is 0 Å². The van der Waals surface area contributed by atoms with Crippen molar-refractivity contribution in [2.24, 2.45) is 0 Å². The number of hydrogen-bond acceptors (Lipinski definition) is 3. The highest BCUT2D eigenvalue weighted by Gasteiger charge is 2.00. The first kappa shape index (κ1) is 10.8. The molecule has 0 amide bonds. The largest absolute Gasteiger partial charge is 0.750 e. The first-order valence-electron chi connectivity index (χ1n) is 3.63. The van der Waals surface area contributed by atoms with Gasteiger partial charge in [0, 0.05) is 0 Å². The van der Waals surface area contributed by atoms with Crippen LogP contribution < -0.4 is 0 Å². The Balaban J connectivity index is 3.75. The van der Waals surface area contributed by atoms with Crippen LogP contribution in [0.1, 0.15) is 26.7 Å². The molecule has 0 aromatic carbocycles. The third kappa shape index (κ3) is 6.22. The van der Waals surface area contributed by atoms with Gasteiger partial charge in [-0.15, -0.1) is 0 Å². The minimum atomic E-state index is -2.40. The maximum atomic E-state index is 10.1. The summed E-state index contributed by atoms with van der Waals surface area (Å²) < 4.78 is 24.7. The summed E-state index contributed by atoms with van der Waals surface area (Å²) in [6.07, 6.45) is 4.92. The number of allylic oxidation sites excluding steroid dienone is 1. The molecule has 0 N–H and O–H groups in total. The lowest BCUT2D eigenvalue weighted by atomic mass is 10.2. The lowest BCUT2D eigenvalue weighted by Gasteiger charge is -2.12. The highest BCUT2D eigenvalue weighted by molar-refractivity contribution is 7.74. The zero-order chi connectivity index (χ0) is 8.69. The molecule has 0 aromatic heterocycles. The Morgan fingerprint density at radius 2 is 2.27 bits per heavy atom. The predicted molar refractivity (Wildman–Crippen MR) is 43.5 cm³/mol. The summed E-state index contributed by atoms with van der Waals surface area (Å²) in [7, 11) is 0. The Morgan fingerprint density at radius 3 is 2.64 bits per heavy atom. The molecular weight excluding hydrogens is 164 g/mol. The number of rotatable bonds is 5. The van der Waals surface area contributed by atoms with Gasteiger partial charge in [0.15, 0.2) is 0 Å². The van der Waals surface area contributed by atoms with Crippen LogP contribution in [-0.4, -0.2) is 14.9 Å². The summed E-state index contributed by atoms with van der Waals surface area (Å²) in [5, 5.41) is 0. The minimum absolute atomic E-state index is 0.298. The monoisotopic (exact) mass is 177 g/mol. The summed E-state index contributed by atoms with van der Waals surface area (Å²) in [6.45, 7) is 3.86. The molecule has 0 radical (unpaired) electrons. The molecule has 4 heteroatoms. The lowest BCUT2D eigenvalue weighted by molar-refractivity contribution is 0.239. The third-order valence-corrected chi connectivity index (χ3v) is 1.60. The maximum Gasteiger partial charge on any atom is 0.0915 e. The molecule has 2 unspecified atom stereocenters. The van der Waals surface area contributed by atoms with E-state index in [2.05, 4.69) is 4.18 Å². The van der Waals surface area contributed by atoms with Crippen molar-refractivity contribution in [3.8, 4) is 0 Å². The van der Waals surface area contributed by atoms with E-state index in [4.69, 9.17) is 0 Å². The maximum absolute atomic E-state index is 10.1. The van der Waals surface area contributed by atoms with Crippen molar-refractivity contribution < 1.29 is 12.9 Å². The highest BCUT2D eigenvalue weighted by atomic mass is 32.2. The summed E-state index contributed by atoms with van der Waals surface area (Å²) in [5.41, 5.74) is 0. The van der Waals surface area contributed by atoms with E-state index in [-0.39, 0.29) is 6.10 Å². The molecule has 0 aliphatic carbocycles. The van der Waals surface area contributed by atoms with Crippen LogP contribution in [0.4, 0.5) is 0 Å². The Hall–Kier alpha value is -0.190. The quantitative estimate of drug-likeness (QED) is 0.473. The van der Waals surface area contributed by atoms with E-state index in [1.807, 2.05) is 19.9 Å². The van der Waals surface area contributed by atoms with Crippen LogP contribution in [0.3, 0.4) is 0 Å². The molecule has 66 valence electrons. The average Bonchev–Trinajstić information content (AvgIpc) is 1.97. The molecule has 0 aromatic rings. The molecule has 0 saturated heterocycles. The topological polar surface area (TPSA) is 49.4 Å². The van der Waals surface area contributed by atoms with Gasteiger partial charge in [0.25, 0.3) is 0 Å². The van der Waals surface area contributed by atoms with Crippen LogP contribution in [0.5, 0.6) is 0 Å². The van der Waals surface area contributed by atoms with E-state index >= 15 is 0 Å². The Morgan fingerprint density at radius 1 is 1.64 bits per heavy atom. The van der Waals surface area contributed by atoms with Gasteiger partial charge in [0.05, 0.1) is 17.5 Å². The Labute approximate surface area is 69.9 Å². The zero-order valence-corrected chi connectivity index (χ0v) is 7.60. The van der Waals surface area contributed by atoms with Crippen molar-refractivity contribution in [2.75, 3.05) is 0 Å². The molecule has 0 saturated carbocycles. The lowest BCUT2D eigenvalue weighted by Crippen LogP contribution is -2.09. The summed E-state index contributed by atoms with van der Waals surface area (Å²) >= 11 is -2.40. The molecule has 0 spiro atoms. The van der Waals surface area contributed by atoms with Crippen molar-refractivity contribution in [1.29, 1.82) is 0 Å². The Bertz CT molecular complexity index is 145. The third-order valence-electron chi connectivity index (χ3n) is 1.19. The van der Waals surface area contributed by atoms with Crippen molar-refractivity contribution in [3.63, 3.8) is 0 Å². The van der Waals surface area contributed by atoms with Crippen molar-refractivity contribution >= 4 is 11.4 Å². The van der Waals surface area contributed by atoms with Crippen LogP contribution in [0, 0.1) is 0 Å². The zero-order valence-electron chi connectivity index (χ0n) is 6.78. The van der Waals surface area contributed by atoms with Gasteiger partial charge in [-0.25, -0.2) is 4.21 Å². The molecule has 0 aliphatic heterocycles. The Kier molecular flexibility index (Phi) is 6.40. The van der Waals surface area contributed by atoms with E-state index in [9.17, 15) is 8.76 Å². The second kappa shape index (κ2) is 6.52. The summed E-state index contributed by atoms with van der Waals surface area (Å²) in [5.74, 6) is 0. The van der Waals surface area contributed by atoms with E-state index in [0.29, 0.717) is 6.42 Å². The van der Waals surface area contributed by atoms with E-state index in [0.717, 1.165) is 6.42 Å². The van der Waals surface area contributed by atoms with Gasteiger partial charge >= 0.3 is 0 Å². The van der Waals surface area contributed by atoms with Gasteiger partial charge in [-0.05, 0) is 12.8 Å². The van der Waals surface area contributed by atoms with Crippen LogP contribution in [0.15, 0.2) is 12.2 Å². The van der Waals surface area contributed by atoms with E-state index in [1.54, 1.807) is 6.08 Å². The number of hydrogen-bond donors (Lipinski definition) is 0. The van der Waals surface area contributed by atoms with Gasteiger partial charge in [0.2, 0.25) is 0 Å². The minimum Gasteiger partial charge on any atom is -0.750 e. The van der Waals surface area contributed by atoms with Crippen LogP contribution in [-0.2, 0) is 15.5 Å². The molecule has 0 heterocycles. The standard InChI is InChI=1S/C7H14O3S/c1-3-5-6-7(4-2)10-11(8)9/h5-7H,3-4H2,1-2H3,(H,8,9)/p-1. The van der Waals surface area contributed by atoms with Gasteiger partial charge in [0.1, 0.15) is 0 Å². The van der Waals surface area contributed by atoms with Gasteiger partial charge in [-0.3, -0.25) is 4.18 Å². The van der Waals surface area contributed by atoms with Gasteiger partial charge in [-0.2, -0.15) is 0 Å². The van der Waals surface area contributed by atoms with E-state index < -0.39 is 11.4 Å². The molecule has 0 fully saturated rings. The first-order valence-corrected chi connectivity index (χ1v) is 4.63. The molecule has 11 heavy (non-hydrogen) atoms. The fourth-order valence-corrected chi connectivity index (χ4v) is 1.03. The SMILES string of the molecule is CCC=CC(CC)OS(=O)[O-]. The summed E-state index contributed by atoms with van der Waals surface area (Å²) in [4.78, 5) is 0. The van der Waals surface area contributed by atoms with Gasteiger partial charge in [-0.1, -0.05) is 26.0 Å². The molecular formula is C7H13O3S-. The van der Waals surface area contributed by atoms with Crippen molar-refractivity contribution in [3.05, 3.63) is 12.2 Å². The summed E-state index contributed by atoms with van der Waals surface area (Å²) in [6, 6.07) is 0. The molecule has 0 bridgehead atoms. The molecule has 0 rings (SSSR count). The first-order chi connectivity index (χ1) is 5.20. The smallest absolute Gasteiger partial charge is 0.0915 e. The second-order valence-corrected chi connectivity index (χ2v) is 2.68. The highest BCUT2D eigenvalue weighted by Crippen LogP contribution is 2.01. The second-order valence-electron chi connectivity index (χ2n) is 2.08. The van der Waals surface area contributed by atoms with Crippen molar-refractivity contribution in [2.45, 2.75) is 32.8 Å². The van der Waals surface area contributed by atoms with Crippen molar-refractivity contribution in [1.82, 2.24) is 0 Å². The van der Waals surface area contributed by atoms with Gasteiger partial charge < -0.3 is 4.55 Å². The fourth-order valence-electron chi connectivity index (χ4n) is 0.625. The molecule has 2 atom stereocenters. The molecule has 3 nitrogen and oxygen atoms in total. The average molecular weight is 177 g/mol. The van der Waals surface area contributed by atoms with Crippen LogP contribution >= 0.6 is 0 Å². The molecule has 0 aliphatic rings. The fraction of sp³-hybridized carbons (Fsp3) is 0.714. The van der Waals surface area contributed by atoms with E-state index in [1.165, 1.54) is 0 Å². The normalized spacial score (nSPS) is 17.0.